The molecule has 1 atom stereocenters. The van der Waals surface area contributed by atoms with Gasteiger partial charge in [-0.1, -0.05) is 6.07 Å². The van der Waals surface area contributed by atoms with Gasteiger partial charge in [0.05, 0.1) is 19.8 Å². The lowest BCUT2D eigenvalue weighted by Crippen LogP contribution is -2.14. The SMILES string of the molecule is COc1cc(CO)ccc1OC(C)CCC(=O)O. The first-order valence-electron chi connectivity index (χ1n) is 5.73. The normalized spacial score (nSPS) is 11.9. The van der Waals surface area contributed by atoms with E-state index in [4.69, 9.17) is 19.7 Å². The average Bonchev–Trinajstić information content (AvgIpc) is 2.36. The van der Waals surface area contributed by atoms with E-state index in [0.29, 0.717) is 17.9 Å². The highest BCUT2D eigenvalue weighted by Gasteiger charge is 2.11. The highest BCUT2D eigenvalue weighted by atomic mass is 16.5. The Bertz CT molecular complexity index is 402. The minimum atomic E-state index is -0.840. The molecule has 0 saturated heterocycles. The van der Waals surface area contributed by atoms with E-state index in [1.54, 1.807) is 18.2 Å². The summed E-state index contributed by atoms with van der Waals surface area (Å²) in [4.78, 5) is 10.5. The van der Waals surface area contributed by atoms with Gasteiger partial charge in [0.1, 0.15) is 0 Å². The number of aliphatic hydroxyl groups is 1. The number of rotatable bonds is 7. The molecule has 0 fully saturated rings. The molecule has 18 heavy (non-hydrogen) atoms. The molecule has 0 aliphatic rings. The molecule has 0 aliphatic heterocycles. The summed E-state index contributed by atoms with van der Waals surface area (Å²) < 4.78 is 10.8. The Morgan fingerprint density at radius 3 is 2.67 bits per heavy atom. The van der Waals surface area contributed by atoms with E-state index in [1.807, 2.05) is 6.92 Å². The Balaban J connectivity index is 2.68. The van der Waals surface area contributed by atoms with Crippen molar-refractivity contribution in [1.29, 1.82) is 0 Å². The van der Waals surface area contributed by atoms with Gasteiger partial charge in [0.25, 0.3) is 0 Å². The van der Waals surface area contributed by atoms with E-state index in [0.717, 1.165) is 5.56 Å². The first kappa shape index (κ1) is 14.3. The van der Waals surface area contributed by atoms with Crippen molar-refractivity contribution in [3.63, 3.8) is 0 Å². The fourth-order valence-corrected chi connectivity index (χ4v) is 1.51. The Kier molecular flexibility index (Phi) is 5.45. The fraction of sp³-hybridized carbons (Fsp3) is 0.462. The number of carboxylic acids is 1. The van der Waals surface area contributed by atoms with Gasteiger partial charge in [-0.15, -0.1) is 0 Å². The van der Waals surface area contributed by atoms with E-state index in [2.05, 4.69) is 0 Å². The number of aliphatic carboxylic acids is 1. The second-order valence-corrected chi connectivity index (χ2v) is 4.00. The minimum Gasteiger partial charge on any atom is -0.493 e. The highest BCUT2D eigenvalue weighted by Crippen LogP contribution is 2.29. The Hall–Kier alpha value is -1.75. The van der Waals surface area contributed by atoms with Crippen LogP contribution in [-0.4, -0.2) is 29.4 Å². The van der Waals surface area contributed by atoms with E-state index >= 15 is 0 Å². The standard InChI is InChI=1S/C13H18O5/c1-9(3-6-13(15)16)18-11-5-4-10(8-14)7-12(11)17-2/h4-5,7,9,14H,3,6,8H2,1-2H3,(H,15,16). The van der Waals surface area contributed by atoms with Crippen LogP contribution in [0, 0.1) is 0 Å². The van der Waals surface area contributed by atoms with Crippen LogP contribution in [0.25, 0.3) is 0 Å². The van der Waals surface area contributed by atoms with Gasteiger partial charge in [0, 0.05) is 6.42 Å². The number of hydrogen-bond donors (Lipinski definition) is 2. The van der Waals surface area contributed by atoms with Gasteiger partial charge >= 0.3 is 5.97 Å². The zero-order chi connectivity index (χ0) is 13.5. The van der Waals surface area contributed by atoms with Crippen molar-refractivity contribution in [1.82, 2.24) is 0 Å². The van der Waals surface area contributed by atoms with E-state index in [9.17, 15) is 4.79 Å². The van der Waals surface area contributed by atoms with Crippen molar-refractivity contribution in [2.75, 3.05) is 7.11 Å². The first-order chi connectivity index (χ1) is 8.56. The Morgan fingerprint density at radius 1 is 1.39 bits per heavy atom. The van der Waals surface area contributed by atoms with Crippen LogP contribution in [0.4, 0.5) is 0 Å². The third-order valence-corrected chi connectivity index (χ3v) is 2.50. The topological polar surface area (TPSA) is 76.0 Å². The number of carboxylic acid groups (broad SMARTS) is 1. The van der Waals surface area contributed by atoms with Crippen LogP contribution in [0.3, 0.4) is 0 Å². The third kappa shape index (κ3) is 4.25. The molecule has 100 valence electrons. The summed E-state index contributed by atoms with van der Waals surface area (Å²) in [5, 5.41) is 17.6. The lowest BCUT2D eigenvalue weighted by atomic mass is 10.2. The Labute approximate surface area is 106 Å². The van der Waals surface area contributed by atoms with Crippen LogP contribution in [0.15, 0.2) is 18.2 Å². The molecule has 5 heteroatoms. The van der Waals surface area contributed by atoms with Crippen LogP contribution >= 0.6 is 0 Å². The molecule has 1 unspecified atom stereocenters. The van der Waals surface area contributed by atoms with Gasteiger partial charge in [0.15, 0.2) is 11.5 Å². The van der Waals surface area contributed by atoms with Gasteiger partial charge in [-0.3, -0.25) is 4.79 Å². The quantitative estimate of drug-likeness (QED) is 0.776. The van der Waals surface area contributed by atoms with Crippen molar-refractivity contribution in [2.45, 2.75) is 32.5 Å². The molecule has 0 spiro atoms. The smallest absolute Gasteiger partial charge is 0.303 e. The fourth-order valence-electron chi connectivity index (χ4n) is 1.51. The van der Waals surface area contributed by atoms with Gasteiger partial charge in [0.2, 0.25) is 0 Å². The second-order valence-electron chi connectivity index (χ2n) is 4.00. The van der Waals surface area contributed by atoms with Crippen molar-refractivity contribution >= 4 is 5.97 Å². The maximum atomic E-state index is 10.5. The van der Waals surface area contributed by atoms with E-state index < -0.39 is 5.97 Å². The molecular weight excluding hydrogens is 236 g/mol. The van der Waals surface area contributed by atoms with Gasteiger partial charge < -0.3 is 19.7 Å². The third-order valence-electron chi connectivity index (χ3n) is 2.50. The second kappa shape index (κ2) is 6.86. The predicted molar refractivity (Wildman–Crippen MR) is 65.9 cm³/mol. The molecule has 0 aliphatic carbocycles. The van der Waals surface area contributed by atoms with Crippen molar-refractivity contribution in [2.24, 2.45) is 0 Å². The molecule has 1 aromatic rings. The molecule has 5 nitrogen and oxygen atoms in total. The monoisotopic (exact) mass is 254 g/mol. The molecule has 1 rings (SSSR count). The molecule has 0 saturated carbocycles. The number of carbonyl (C=O) groups is 1. The summed E-state index contributed by atoms with van der Waals surface area (Å²) in [6, 6.07) is 5.14. The maximum absolute atomic E-state index is 10.5. The largest absolute Gasteiger partial charge is 0.493 e. The highest BCUT2D eigenvalue weighted by molar-refractivity contribution is 5.66. The molecule has 0 heterocycles. The molecule has 0 radical (unpaired) electrons. The number of methoxy groups -OCH3 is 1. The van der Waals surface area contributed by atoms with Crippen LogP contribution in [0.5, 0.6) is 11.5 Å². The lowest BCUT2D eigenvalue weighted by molar-refractivity contribution is -0.137. The zero-order valence-corrected chi connectivity index (χ0v) is 10.5. The summed E-state index contributed by atoms with van der Waals surface area (Å²) in [5.41, 5.74) is 0.734. The van der Waals surface area contributed by atoms with Gasteiger partial charge in [-0.25, -0.2) is 0 Å². The number of hydrogen-bond acceptors (Lipinski definition) is 4. The summed E-state index contributed by atoms with van der Waals surface area (Å²) in [7, 11) is 1.52. The molecule has 0 amide bonds. The van der Waals surface area contributed by atoms with Crippen molar-refractivity contribution < 1.29 is 24.5 Å². The number of aliphatic hydroxyl groups excluding tert-OH is 1. The van der Waals surface area contributed by atoms with Crippen molar-refractivity contribution in [3.05, 3.63) is 23.8 Å². The molecule has 0 bridgehead atoms. The molecular formula is C13H18O5. The van der Waals surface area contributed by atoms with Crippen LogP contribution in [-0.2, 0) is 11.4 Å². The van der Waals surface area contributed by atoms with Crippen LogP contribution in [0.2, 0.25) is 0 Å². The van der Waals surface area contributed by atoms with Gasteiger partial charge in [-0.2, -0.15) is 0 Å². The predicted octanol–water partition coefficient (Wildman–Crippen LogP) is 1.82. The molecule has 0 aromatic heterocycles. The van der Waals surface area contributed by atoms with Crippen molar-refractivity contribution in [3.8, 4) is 11.5 Å². The molecule has 2 N–H and O–H groups in total. The summed E-state index contributed by atoms with van der Waals surface area (Å²) in [6.07, 6.45) is 0.285. The van der Waals surface area contributed by atoms with E-state index in [-0.39, 0.29) is 19.1 Å². The summed E-state index contributed by atoms with van der Waals surface area (Å²) in [5.74, 6) is 0.240. The number of ether oxygens (including phenoxy) is 2. The average molecular weight is 254 g/mol. The zero-order valence-electron chi connectivity index (χ0n) is 10.5. The lowest BCUT2D eigenvalue weighted by Gasteiger charge is -2.16. The first-order valence-corrected chi connectivity index (χ1v) is 5.73. The summed E-state index contributed by atoms with van der Waals surface area (Å²) >= 11 is 0. The molecule has 1 aromatic carbocycles. The summed E-state index contributed by atoms with van der Waals surface area (Å²) in [6.45, 7) is 1.74. The van der Waals surface area contributed by atoms with E-state index in [1.165, 1.54) is 7.11 Å². The minimum absolute atomic E-state index is 0.0643. The van der Waals surface area contributed by atoms with Crippen LogP contribution in [0.1, 0.15) is 25.3 Å². The van der Waals surface area contributed by atoms with Gasteiger partial charge in [-0.05, 0) is 31.0 Å². The Morgan fingerprint density at radius 2 is 2.11 bits per heavy atom. The maximum Gasteiger partial charge on any atom is 0.303 e. The number of benzene rings is 1. The van der Waals surface area contributed by atoms with Crippen LogP contribution < -0.4 is 9.47 Å².